The van der Waals surface area contributed by atoms with Crippen LogP contribution in [0.1, 0.15) is 35.5 Å². The maximum atomic E-state index is 13.4. The molecule has 0 aliphatic heterocycles. The molecule has 0 radical (unpaired) electrons. The average molecular weight is 512 g/mol. The van der Waals surface area contributed by atoms with Crippen molar-refractivity contribution in [2.75, 3.05) is 12.4 Å². The molecule has 1 aromatic heterocycles. The summed E-state index contributed by atoms with van der Waals surface area (Å²) in [6.45, 7) is 3.55. The highest BCUT2D eigenvalue weighted by Gasteiger charge is 2.33. The number of nitrogens with one attached hydrogen (secondary N) is 1. The molecule has 11 heteroatoms. The molecular weight excluding hydrogens is 489 g/mol. The number of aromatic nitrogens is 2. The molecule has 8 nitrogen and oxygen atoms in total. The van der Waals surface area contributed by atoms with Crippen LogP contribution < -0.4 is 14.8 Å². The van der Waals surface area contributed by atoms with Crippen LogP contribution in [0.5, 0.6) is 11.5 Å². The first-order valence-electron chi connectivity index (χ1n) is 11.2. The summed E-state index contributed by atoms with van der Waals surface area (Å²) in [7, 11) is 1.51. The lowest BCUT2D eigenvalue weighted by molar-refractivity contribution is -0.385. The number of non-ortho nitro benzene ring substituents is 1. The number of nitrogens with zero attached hydrogens (tertiary/aromatic N) is 3. The Bertz CT molecular complexity index is 1450. The molecule has 0 fully saturated rings. The maximum Gasteiger partial charge on any atom is 0.416 e. The normalized spacial score (nSPS) is 12.3. The van der Waals surface area contributed by atoms with Gasteiger partial charge in [0.25, 0.3) is 5.69 Å². The van der Waals surface area contributed by atoms with E-state index in [2.05, 4.69) is 15.3 Å². The third-order valence-corrected chi connectivity index (χ3v) is 5.66. The fraction of sp³-hybridized carbons (Fsp3) is 0.231. The zero-order chi connectivity index (χ0) is 26.7. The number of halogens is 3. The molecule has 1 unspecified atom stereocenters. The standard InChI is InChI=1S/C26H23F3N4O4/c1-15(18-9-19(26(27,28)29)11-20(10-18)33(34)35)30-25-21-12-24(37-14-17-7-5-4-6-8-17)23(36-3)13-22(21)31-16(2)32-25/h4-13,15H,14H2,1-3H3,(H,30,31,32). The SMILES string of the molecule is COc1cc2nc(C)nc(NC(C)c3cc([N+](=O)[O-])cc(C(F)(F)F)c3)c2cc1OCc1ccccc1. The first kappa shape index (κ1) is 25.7. The van der Waals surface area contributed by atoms with Crippen molar-refractivity contribution in [3.05, 3.63) is 93.3 Å². The quantitative estimate of drug-likeness (QED) is 0.209. The molecule has 1 atom stereocenters. The molecular formula is C26H23F3N4O4. The summed E-state index contributed by atoms with van der Waals surface area (Å²) in [5, 5.41) is 14.9. The lowest BCUT2D eigenvalue weighted by atomic mass is 10.0. The van der Waals surface area contributed by atoms with Crippen LogP contribution in [0.3, 0.4) is 0 Å². The number of fused-ring (bicyclic) bond motifs is 1. The van der Waals surface area contributed by atoms with E-state index in [4.69, 9.17) is 9.47 Å². The summed E-state index contributed by atoms with van der Waals surface area (Å²) in [5.74, 6) is 1.63. The zero-order valence-corrected chi connectivity index (χ0v) is 20.2. The second-order valence-electron chi connectivity index (χ2n) is 8.35. The van der Waals surface area contributed by atoms with E-state index in [-0.39, 0.29) is 12.2 Å². The minimum atomic E-state index is -4.74. The number of methoxy groups -OCH3 is 1. The molecule has 192 valence electrons. The second kappa shape index (κ2) is 10.3. The Morgan fingerprint density at radius 3 is 2.43 bits per heavy atom. The number of hydrogen-bond acceptors (Lipinski definition) is 7. The number of hydrogen-bond donors (Lipinski definition) is 1. The monoisotopic (exact) mass is 512 g/mol. The van der Waals surface area contributed by atoms with Gasteiger partial charge in [-0.1, -0.05) is 30.3 Å². The molecule has 0 saturated heterocycles. The molecule has 37 heavy (non-hydrogen) atoms. The summed E-state index contributed by atoms with van der Waals surface area (Å²) in [5.41, 5.74) is -0.192. The summed E-state index contributed by atoms with van der Waals surface area (Å²) < 4.78 is 51.6. The van der Waals surface area contributed by atoms with Gasteiger partial charge >= 0.3 is 6.18 Å². The Morgan fingerprint density at radius 1 is 1.05 bits per heavy atom. The third kappa shape index (κ3) is 5.88. The van der Waals surface area contributed by atoms with Crippen molar-refractivity contribution in [2.45, 2.75) is 32.7 Å². The Labute approximate surface area is 210 Å². The first-order chi connectivity index (χ1) is 17.5. The van der Waals surface area contributed by atoms with E-state index in [9.17, 15) is 23.3 Å². The Hall–Kier alpha value is -4.41. The van der Waals surface area contributed by atoms with Gasteiger partial charge in [-0.25, -0.2) is 9.97 Å². The number of benzene rings is 3. The van der Waals surface area contributed by atoms with E-state index in [1.54, 1.807) is 26.0 Å². The van der Waals surface area contributed by atoms with E-state index in [0.29, 0.717) is 40.1 Å². The molecule has 3 aromatic carbocycles. The van der Waals surface area contributed by atoms with Gasteiger partial charge in [0.05, 0.1) is 29.2 Å². The Kier molecular flexibility index (Phi) is 7.14. The van der Waals surface area contributed by atoms with Crippen molar-refractivity contribution < 1.29 is 27.6 Å². The van der Waals surface area contributed by atoms with Gasteiger partial charge in [0.1, 0.15) is 18.2 Å². The average Bonchev–Trinajstić information content (AvgIpc) is 2.86. The maximum absolute atomic E-state index is 13.4. The molecule has 1 N–H and O–H groups in total. The van der Waals surface area contributed by atoms with Crippen LogP contribution in [0.25, 0.3) is 10.9 Å². The van der Waals surface area contributed by atoms with Gasteiger partial charge in [-0.05, 0) is 37.1 Å². The van der Waals surface area contributed by atoms with Crippen LogP contribution in [-0.2, 0) is 12.8 Å². The molecule has 0 aliphatic rings. The van der Waals surface area contributed by atoms with Crippen LogP contribution in [0.4, 0.5) is 24.7 Å². The van der Waals surface area contributed by atoms with Crippen molar-refractivity contribution >= 4 is 22.4 Å². The largest absolute Gasteiger partial charge is 0.493 e. The number of ether oxygens (including phenoxy) is 2. The van der Waals surface area contributed by atoms with Gasteiger partial charge in [0, 0.05) is 23.6 Å². The van der Waals surface area contributed by atoms with E-state index < -0.39 is 28.4 Å². The van der Waals surface area contributed by atoms with Crippen LogP contribution in [0, 0.1) is 17.0 Å². The van der Waals surface area contributed by atoms with Gasteiger partial charge < -0.3 is 14.8 Å². The summed E-state index contributed by atoms with van der Waals surface area (Å²) in [6, 6.07) is 14.7. The number of anilines is 1. The Morgan fingerprint density at radius 2 is 1.78 bits per heavy atom. The topological polar surface area (TPSA) is 99.4 Å². The van der Waals surface area contributed by atoms with Gasteiger partial charge in [-0.2, -0.15) is 13.2 Å². The highest BCUT2D eigenvalue weighted by atomic mass is 19.4. The third-order valence-electron chi connectivity index (χ3n) is 5.66. The van der Waals surface area contributed by atoms with E-state index >= 15 is 0 Å². The van der Waals surface area contributed by atoms with Gasteiger partial charge in [-0.3, -0.25) is 10.1 Å². The molecule has 0 aliphatic carbocycles. The lowest BCUT2D eigenvalue weighted by Crippen LogP contribution is -2.13. The number of alkyl halides is 3. The van der Waals surface area contributed by atoms with Crippen LogP contribution in [0.15, 0.2) is 60.7 Å². The lowest BCUT2D eigenvalue weighted by Gasteiger charge is -2.19. The minimum Gasteiger partial charge on any atom is -0.493 e. The van der Waals surface area contributed by atoms with Crippen molar-refractivity contribution in [3.63, 3.8) is 0 Å². The molecule has 0 saturated carbocycles. The fourth-order valence-corrected chi connectivity index (χ4v) is 3.81. The van der Waals surface area contributed by atoms with E-state index in [1.807, 2.05) is 30.3 Å². The molecule has 0 spiro atoms. The van der Waals surface area contributed by atoms with Gasteiger partial charge in [0.2, 0.25) is 0 Å². The van der Waals surface area contributed by atoms with Crippen LogP contribution >= 0.6 is 0 Å². The molecule has 1 heterocycles. The second-order valence-corrected chi connectivity index (χ2v) is 8.35. The predicted octanol–water partition coefficient (Wildman–Crippen LogP) is 6.63. The van der Waals surface area contributed by atoms with Crippen LogP contribution in [0.2, 0.25) is 0 Å². The van der Waals surface area contributed by atoms with Gasteiger partial charge in [0.15, 0.2) is 11.5 Å². The highest BCUT2D eigenvalue weighted by molar-refractivity contribution is 5.92. The smallest absolute Gasteiger partial charge is 0.416 e. The molecule has 4 aromatic rings. The summed E-state index contributed by atoms with van der Waals surface area (Å²) in [6.07, 6.45) is -4.74. The summed E-state index contributed by atoms with van der Waals surface area (Å²) >= 11 is 0. The first-order valence-corrected chi connectivity index (χ1v) is 11.2. The van der Waals surface area contributed by atoms with E-state index in [1.165, 1.54) is 7.11 Å². The number of aryl methyl sites for hydroxylation is 1. The molecule has 0 bridgehead atoms. The molecule has 0 amide bonds. The molecule has 4 rings (SSSR count). The number of nitro benzene ring substituents is 1. The summed E-state index contributed by atoms with van der Waals surface area (Å²) in [4.78, 5) is 19.3. The fourth-order valence-electron chi connectivity index (χ4n) is 3.81. The van der Waals surface area contributed by atoms with Gasteiger partial charge in [-0.15, -0.1) is 0 Å². The van der Waals surface area contributed by atoms with Crippen LogP contribution in [-0.4, -0.2) is 22.0 Å². The van der Waals surface area contributed by atoms with Crippen molar-refractivity contribution in [1.82, 2.24) is 9.97 Å². The Balaban J connectivity index is 1.72. The highest BCUT2D eigenvalue weighted by Crippen LogP contribution is 2.37. The van der Waals surface area contributed by atoms with Crippen molar-refractivity contribution in [1.29, 1.82) is 0 Å². The number of nitro groups is 1. The van der Waals surface area contributed by atoms with Crippen molar-refractivity contribution in [2.24, 2.45) is 0 Å². The van der Waals surface area contributed by atoms with E-state index in [0.717, 1.165) is 17.7 Å². The number of rotatable bonds is 8. The predicted molar refractivity (Wildman–Crippen MR) is 132 cm³/mol. The zero-order valence-electron chi connectivity index (χ0n) is 20.2. The van der Waals surface area contributed by atoms with Crippen molar-refractivity contribution in [3.8, 4) is 11.5 Å². The minimum absolute atomic E-state index is 0.0833.